The van der Waals surface area contributed by atoms with Crippen molar-refractivity contribution in [3.05, 3.63) is 30.3 Å². The fourth-order valence-electron chi connectivity index (χ4n) is 0.915. The quantitative estimate of drug-likeness (QED) is 0.313. The average Bonchev–Trinajstić information content (AvgIpc) is 2.18. The number of hydrogen-bond donors (Lipinski definition) is 1. The molecule has 0 saturated heterocycles. The van der Waals surface area contributed by atoms with Gasteiger partial charge in [-0.15, -0.1) is 0 Å². The number of para-hydroxylation sites is 1. The molecule has 1 rings (SSSR count). The van der Waals surface area contributed by atoms with E-state index < -0.39 is 0 Å². The first-order valence-electron chi connectivity index (χ1n) is 4.20. The highest BCUT2D eigenvalue weighted by molar-refractivity contribution is 5.83. The maximum Gasteiger partial charge on any atom is 0.212 e. The topological polar surface area (TPSA) is 51.4 Å². The summed E-state index contributed by atoms with van der Waals surface area (Å²) in [6.07, 6.45) is 1.85. The maximum atomic E-state index is 8.49. The van der Waals surface area contributed by atoms with Crippen LogP contribution in [0.5, 0.6) is 0 Å². The van der Waals surface area contributed by atoms with E-state index in [9.17, 15) is 0 Å². The molecule has 0 amide bonds. The van der Waals surface area contributed by atoms with E-state index in [0.29, 0.717) is 5.96 Å². The summed E-state index contributed by atoms with van der Waals surface area (Å²) in [5.41, 5.74) is 0.818. The minimum absolute atomic E-state index is 0.527. The van der Waals surface area contributed by atoms with Crippen LogP contribution in [0.25, 0.3) is 0 Å². The monoisotopic (exact) mass is 188 g/mol. The molecule has 0 atom stereocenters. The Morgan fingerprint density at radius 3 is 2.50 bits per heavy atom. The van der Waals surface area contributed by atoms with Crippen molar-refractivity contribution in [1.82, 2.24) is 10.2 Å². The lowest BCUT2D eigenvalue weighted by atomic mass is 10.3. The number of benzene rings is 1. The van der Waals surface area contributed by atoms with Crippen molar-refractivity contribution in [2.24, 2.45) is 4.99 Å². The van der Waals surface area contributed by atoms with E-state index >= 15 is 0 Å². The first kappa shape index (κ1) is 10.1. The van der Waals surface area contributed by atoms with Crippen LogP contribution in [-0.2, 0) is 0 Å². The van der Waals surface area contributed by atoms with Gasteiger partial charge in [0, 0.05) is 14.1 Å². The number of aliphatic imine (C=N–C) groups is 1. The minimum Gasteiger partial charge on any atom is -0.348 e. The van der Waals surface area contributed by atoms with Crippen LogP contribution in [-0.4, -0.2) is 25.0 Å². The molecule has 0 spiro atoms. The Kier molecular flexibility index (Phi) is 3.50. The summed E-state index contributed by atoms with van der Waals surface area (Å²) in [6, 6.07) is 9.48. The van der Waals surface area contributed by atoms with E-state index in [1.54, 1.807) is 4.90 Å². The van der Waals surface area contributed by atoms with Gasteiger partial charge in [-0.3, -0.25) is 5.32 Å². The molecule has 0 aliphatic carbocycles. The predicted octanol–water partition coefficient (Wildman–Crippen LogP) is 1.31. The van der Waals surface area contributed by atoms with Gasteiger partial charge in [0.05, 0.1) is 5.69 Å². The summed E-state index contributed by atoms with van der Waals surface area (Å²) in [6.45, 7) is 0. The van der Waals surface area contributed by atoms with E-state index in [0.717, 1.165) is 5.69 Å². The van der Waals surface area contributed by atoms with Gasteiger partial charge in [0.25, 0.3) is 0 Å². The van der Waals surface area contributed by atoms with Crippen molar-refractivity contribution < 1.29 is 0 Å². The van der Waals surface area contributed by atoms with Gasteiger partial charge in [0.1, 0.15) is 0 Å². The van der Waals surface area contributed by atoms with E-state index in [1.807, 2.05) is 50.6 Å². The molecule has 4 heteroatoms. The normalized spacial score (nSPS) is 10.5. The van der Waals surface area contributed by atoms with E-state index in [2.05, 4.69) is 10.3 Å². The van der Waals surface area contributed by atoms with Crippen molar-refractivity contribution in [1.29, 1.82) is 5.26 Å². The molecule has 0 aromatic heterocycles. The predicted molar refractivity (Wildman–Crippen MR) is 56.0 cm³/mol. The molecule has 14 heavy (non-hydrogen) atoms. The number of nitrogens with one attached hydrogen (secondary N) is 1. The maximum absolute atomic E-state index is 8.49. The van der Waals surface area contributed by atoms with Crippen LogP contribution in [0, 0.1) is 11.5 Å². The Balaban J connectivity index is 2.89. The van der Waals surface area contributed by atoms with Crippen molar-refractivity contribution in [3.8, 4) is 6.19 Å². The fourth-order valence-corrected chi connectivity index (χ4v) is 0.915. The van der Waals surface area contributed by atoms with Crippen LogP contribution < -0.4 is 5.32 Å². The van der Waals surface area contributed by atoms with E-state index in [4.69, 9.17) is 5.26 Å². The molecule has 0 aliphatic rings. The number of nitriles is 1. The van der Waals surface area contributed by atoms with Crippen molar-refractivity contribution in [2.45, 2.75) is 0 Å². The number of nitrogens with zero attached hydrogens (tertiary/aromatic N) is 3. The average molecular weight is 188 g/mol. The molecule has 0 aliphatic heterocycles. The van der Waals surface area contributed by atoms with Gasteiger partial charge < -0.3 is 4.90 Å². The Labute approximate surface area is 83.5 Å². The summed E-state index contributed by atoms with van der Waals surface area (Å²) in [5, 5.41) is 11.0. The second kappa shape index (κ2) is 4.87. The molecule has 4 nitrogen and oxygen atoms in total. The summed E-state index contributed by atoms with van der Waals surface area (Å²) >= 11 is 0. The fraction of sp³-hybridized carbons (Fsp3) is 0.200. The second-order valence-electron chi connectivity index (χ2n) is 2.90. The van der Waals surface area contributed by atoms with Crippen LogP contribution in [0.4, 0.5) is 5.69 Å². The highest BCUT2D eigenvalue weighted by Crippen LogP contribution is 2.09. The third-order valence-electron chi connectivity index (χ3n) is 1.58. The van der Waals surface area contributed by atoms with Crippen molar-refractivity contribution >= 4 is 11.6 Å². The molecule has 0 heterocycles. The Morgan fingerprint density at radius 2 is 2.00 bits per heavy atom. The van der Waals surface area contributed by atoms with Gasteiger partial charge in [-0.05, 0) is 12.1 Å². The molecule has 0 radical (unpaired) electrons. The second-order valence-corrected chi connectivity index (χ2v) is 2.90. The van der Waals surface area contributed by atoms with E-state index in [1.165, 1.54) is 0 Å². The van der Waals surface area contributed by atoms with Crippen molar-refractivity contribution in [2.75, 3.05) is 14.1 Å². The largest absolute Gasteiger partial charge is 0.348 e. The SMILES string of the molecule is CN(C)C(=Nc1ccccc1)NC#N. The van der Waals surface area contributed by atoms with Gasteiger partial charge >= 0.3 is 0 Å². The lowest BCUT2D eigenvalue weighted by Crippen LogP contribution is -2.32. The number of rotatable bonds is 1. The van der Waals surface area contributed by atoms with Crippen LogP contribution in [0.1, 0.15) is 0 Å². The van der Waals surface area contributed by atoms with E-state index in [-0.39, 0.29) is 0 Å². The zero-order valence-corrected chi connectivity index (χ0v) is 8.23. The first-order valence-corrected chi connectivity index (χ1v) is 4.20. The summed E-state index contributed by atoms with van der Waals surface area (Å²) in [7, 11) is 3.65. The van der Waals surface area contributed by atoms with Gasteiger partial charge in [-0.25, -0.2) is 4.99 Å². The lowest BCUT2D eigenvalue weighted by molar-refractivity contribution is 0.603. The van der Waals surface area contributed by atoms with Crippen LogP contribution in [0.3, 0.4) is 0 Å². The highest BCUT2D eigenvalue weighted by atomic mass is 15.3. The third kappa shape index (κ3) is 2.79. The molecule has 1 aromatic rings. The molecule has 1 aromatic carbocycles. The summed E-state index contributed by atoms with van der Waals surface area (Å²) in [5.74, 6) is 0.527. The molecule has 0 bridgehead atoms. The smallest absolute Gasteiger partial charge is 0.212 e. The van der Waals surface area contributed by atoms with Crippen LogP contribution in [0.15, 0.2) is 35.3 Å². The number of guanidine groups is 1. The highest BCUT2D eigenvalue weighted by Gasteiger charge is 1.99. The van der Waals surface area contributed by atoms with Gasteiger partial charge in [-0.1, -0.05) is 18.2 Å². The van der Waals surface area contributed by atoms with Crippen molar-refractivity contribution in [3.63, 3.8) is 0 Å². The minimum atomic E-state index is 0.527. The summed E-state index contributed by atoms with van der Waals surface area (Å²) in [4.78, 5) is 6.00. The van der Waals surface area contributed by atoms with Gasteiger partial charge in [-0.2, -0.15) is 5.26 Å². The Hall–Kier alpha value is -2.02. The zero-order chi connectivity index (χ0) is 10.4. The molecular weight excluding hydrogens is 176 g/mol. The molecular formula is C10H12N4. The lowest BCUT2D eigenvalue weighted by Gasteiger charge is -2.12. The van der Waals surface area contributed by atoms with Crippen LogP contribution >= 0.6 is 0 Å². The van der Waals surface area contributed by atoms with Crippen LogP contribution in [0.2, 0.25) is 0 Å². The molecule has 0 saturated carbocycles. The standard InChI is InChI=1S/C10H12N4/c1-14(2)10(12-8-11)13-9-6-4-3-5-7-9/h3-7H,1-2H3,(H,12,13). The third-order valence-corrected chi connectivity index (χ3v) is 1.58. The Morgan fingerprint density at radius 1 is 1.36 bits per heavy atom. The first-order chi connectivity index (χ1) is 6.74. The molecule has 0 fully saturated rings. The molecule has 1 N–H and O–H groups in total. The molecule has 0 unspecified atom stereocenters. The van der Waals surface area contributed by atoms with Gasteiger partial charge in [0.15, 0.2) is 6.19 Å². The Bertz CT molecular complexity index is 348. The molecule has 72 valence electrons. The van der Waals surface area contributed by atoms with Gasteiger partial charge in [0.2, 0.25) is 5.96 Å². The summed E-state index contributed by atoms with van der Waals surface area (Å²) < 4.78 is 0. The number of hydrogen-bond acceptors (Lipinski definition) is 2. The zero-order valence-electron chi connectivity index (χ0n) is 8.23.